The zero-order chi connectivity index (χ0) is 15.8. The molecule has 0 spiro atoms. The van der Waals surface area contributed by atoms with Crippen molar-refractivity contribution >= 4 is 6.29 Å². The molecule has 0 saturated carbocycles. The molecule has 2 aromatic carbocycles. The Bertz CT molecular complexity index is 600. The van der Waals surface area contributed by atoms with Crippen LogP contribution in [0.1, 0.15) is 53.2 Å². The second-order valence-electron chi connectivity index (χ2n) is 5.78. The lowest BCUT2D eigenvalue weighted by Crippen LogP contribution is -1.94. The summed E-state index contributed by atoms with van der Waals surface area (Å²) < 4.78 is 0. The molecule has 0 aliphatic rings. The number of aryl methyl sites for hydroxylation is 3. The molecule has 0 bridgehead atoms. The standard InChI is InChI=1S/C20H24O2/c1-2-3-4-5-16-6-8-17(9-7-16)10-11-18-12-13-20(22)19(14-18)15-21/h6-9,12-15,22H,2-5,10-11H2,1H3. The van der Waals surface area contributed by atoms with E-state index in [1.54, 1.807) is 12.1 Å². The number of aldehydes is 1. The van der Waals surface area contributed by atoms with Gasteiger partial charge in [0.1, 0.15) is 5.75 Å². The summed E-state index contributed by atoms with van der Waals surface area (Å²) in [5.41, 5.74) is 4.15. The molecule has 0 fully saturated rings. The number of hydrogen-bond donors (Lipinski definition) is 1. The smallest absolute Gasteiger partial charge is 0.153 e. The predicted molar refractivity (Wildman–Crippen MR) is 90.6 cm³/mol. The van der Waals surface area contributed by atoms with Crippen LogP contribution in [0, 0.1) is 0 Å². The summed E-state index contributed by atoms with van der Waals surface area (Å²) in [5, 5.41) is 9.51. The van der Waals surface area contributed by atoms with Crippen molar-refractivity contribution < 1.29 is 9.90 Å². The van der Waals surface area contributed by atoms with Gasteiger partial charge in [-0.05, 0) is 54.5 Å². The largest absolute Gasteiger partial charge is 0.507 e. The SMILES string of the molecule is CCCCCc1ccc(CCc2ccc(O)c(C=O)c2)cc1. The minimum atomic E-state index is 0.0511. The fourth-order valence-corrected chi connectivity index (χ4v) is 2.59. The molecule has 0 atom stereocenters. The number of hydrogen-bond acceptors (Lipinski definition) is 2. The summed E-state index contributed by atoms with van der Waals surface area (Å²) in [6, 6.07) is 14.1. The average Bonchev–Trinajstić information content (AvgIpc) is 2.55. The molecular formula is C20H24O2. The van der Waals surface area contributed by atoms with Gasteiger partial charge in [-0.2, -0.15) is 0 Å². The second-order valence-corrected chi connectivity index (χ2v) is 5.78. The second kappa shape index (κ2) is 8.38. The Morgan fingerprint density at radius 3 is 2.09 bits per heavy atom. The zero-order valence-corrected chi connectivity index (χ0v) is 13.2. The van der Waals surface area contributed by atoms with E-state index in [4.69, 9.17) is 0 Å². The molecule has 0 aromatic heterocycles. The molecule has 0 heterocycles. The Hall–Kier alpha value is -2.09. The van der Waals surface area contributed by atoms with Crippen LogP contribution >= 0.6 is 0 Å². The Kier molecular flexibility index (Phi) is 6.20. The fraction of sp³-hybridized carbons (Fsp3) is 0.350. The lowest BCUT2D eigenvalue weighted by molar-refractivity contribution is 0.112. The van der Waals surface area contributed by atoms with Gasteiger partial charge in [-0.15, -0.1) is 0 Å². The Balaban J connectivity index is 1.90. The summed E-state index contributed by atoms with van der Waals surface area (Å²) in [4.78, 5) is 10.8. The van der Waals surface area contributed by atoms with E-state index in [2.05, 4.69) is 31.2 Å². The van der Waals surface area contributed by atoms with Crippen molar-refractivity contribution in [2.45, 2.75) is 45.4 Å². The minimum Gasteiger partial charge on any atom is -0.507 e. The number of phenols is 1. The lowest BCUT2D eigenvalue weighted by atomic mass is 10.00. The molecule has 0 unspecified atom stereocenters. The average molecular weight is 296 g/mol. The third-order valence-corrected chi connectivity index (χ3v) is 4.01. The van der Waals surface area contributed by atoms with E-state index in [-0.39, 0.29) is 5.75 Å². The van der Waals surface area contributed by atoms with Gasteiger partial charge in [0.25, 0.3) is 0 Å². The summed E-state index contributed by atoms with van der Waals surface area (Å²) in [6.45, 7) is 2.22. The van der Waals surface area contributed by atoms with Gasteiger partial charge in [0.05, 0.1) is 5.56 Å². The summed E-state index contributed by atoms with van der Waals surface area (Å²) >= 11 is 0. The number of rotatable bonds is 8. The molecule has 116 valence electrons. The van der Waals surface area contributed by atoms with Gasteiger partial charge in [0.2, 0.25) is 0 Å². The van der Waals surface area contributed by atoms with E-state index in [0.29, 0.717) is 11.8 Å². The van der Waals surface area contributed by atoms with Gasteiger partial charge in [0.15, 0.2) is 6.29 Å². The van der Waals surface area contributed by atoms with E-state index in [1.165, 1.54) is 30.4 Å². The van der Waals surface area contributed by atoms with E-state index < -0.39 is 0 Å². The monoisotopic (exact) mass is 296 g/mol. The van der Waals surface area contributed by atoms with Gasteiger partial charge >= 0.3 is 0 Å². The molecular weight excluding hydrogens is 272 g/mol. The summed E-state index contributed by atoms with van der Waals surface area (Å²) in [6.07, 6.45) is 7.49. The first kappa shape index (κ1) is 16.3. The van der Waals surface area contributed by atoms with Gasteiger partial charge in [-0.1, -0.05) is 50.1 Å². The van der Waals surface area contributed by atoms with E-state index in [1.807, 2.05) is 6.07 Å². The molecule has 0 aliphatic carbocycles. The van der Waals surface area contributed by atoms with Crippen LogP contribution in [-0.2, 0) is 19.3 Å². The molecule has 22 heavy (non-hydrogen) atoms. The van der Waals surface area contributed by atoms with E-state index in [9.17, 15) is 9.90 Å². The topological polar surface area (TPSA) is 37.3 Å². The number of aromatic hydroxyl groups is 1. The number of carbonyl (C=O) groups excluding carboxylic acids is 1. The first-order valence-electron chi connectivity index (χ1n) is 8.08. The highest BCUT2D eigenvalue weighted by Gasteiger charge is 2.02. The number of phenolic OH excluding ortho intramolecular Hbond substituents is 1. The number of carbonyl (C=O) groups is 1. The van der Waals surface area contributed by atoms with Crippen molar-refractivity contribution in [2.24, 2.45) is 0 Å². The molecule has 2 aromatic rings. The van der Waals surface area contributed by atoms with Crippen molar-refractivity contribution in [3.8, 4) is 5.75 Å². The minimum absolute atomic E-state index is 0.0511. The maximum Gasteiger partial charge on any atom is 0.153 e. The maximum atomic E-state index is 10.8. The van der Waals surface area contributed by atoms with Crippen LogP contribution in [0.15, 0.2) is 42.5 Å². The van der Waals surface area contributed by atoms with Gasteiger partial charge < -0.3 is 5.11 Å². The number of benzene rings is 2. The summed E-state index contributed by atoms with van der Waals surface area (Å²) in [7, 11) is 0. The van der Waals surface area contributed by atoms with E-state index >= 15 is 0 Å². The van der Waals surface area contributed by atoms with Crippen molar-refractivity contribution in [2.75, 3.05) is 0 Å². The van der Waals surface area contributed by atoms with Crippen LogP contribution in [0.25, 0.3) is 0 Å². The van der Waals surface area contributed by atoms with Crippen LogP contribution < -0.4 is 0 Å². The fourth-order valence-electron chi connectivity index (χ4n) is 2.59. The van der Waals surface area contributed by atoms with Crippen molar-refractivity contribution in [3.63, 3.8) is 0 Å². The van der Waals surface area contributed by atoms with Gasteiger partial charge in [-0.25, -0.2) is 0 Å². The lowest BCUT2D eigenvalue weighted by Gasteiger charge is -2.06. The highest BCUT2D eigenvalue weighted by molar-refractivity contribution is 5.79. The molecule has 1 N–H and O–H groups in total. The van der Waals surface area contributed by atoms with Crippen molar-refractivity contribution in [1.29, 1.82) is 0 Å². The highest BCUT2D eigenvalue weighted by Crippen LogP contribution is 2.18. The first-order chi connectivity index (χ1) is 10.7. The Morgan fingerprint density at radius 2 is 1.45 bits per heavy atom. The molecule has 2 rings (SSSR count). The molecule has 0 aliphatic heterocycles. The molecule has 0 amide bonds. The van der Waals surface area contributed by atoms with Crippen molar-refractivity contribution in [3.05, 3.63) is 64.7 Å². The highest BCUT2D eigenvalue weighted by atomic mass is 16.3. The van der Waals surface area contributed by atoms with Crippen LogP contribution in [-0.4, -0.2) is 11.4 Å². The summed E-state index contributed by atoms with van der Waals surface area (Å²) in [5.74, 6) is 0.0511. The van der Waals surface area contributed by atoms with E-state index in [0.717, 1.165) is 24.8 Å². The number of unbranched alkanes of at least 4 members (excludes halogenated alkanes) is 2. The molecule has 0 radical (unpaired) electrons. The first-order valence-corrected chi connectivity index (χ1v) is 8.08. The van der Waals surface area contributed by atoms with Crippen LogP contribution in [0.5, 0.6) is 5.75 Å². The Labute approximate surface area is 132 Å². The molecule has 0 saturated heterocycles. The van der Waals surface area contributed by atoms with Crippen LogP contribution in [0.3, 0.4) is 0 Å². The van der Waals surface area contributed by atoms with Gasteiger partial charge in [0, 0.05) is 0 Å². The Morgan fingerprint density at radius 1 is 0.864 bits per heavy atom. The van der Waals surface area contributed by atoms with Crippen molar-refractivity contribution in [1.82, 2.24) is 0 Å². The quantitative estimate of drug-likeness (QED) is 0.565. The predicted octanol–water partition coefficient (Wildman–Crippen LogP) is 4.72. The van der Waals surface area contributed by atoms with Gasteiger partial charge in [-0.3, -0.25) is 4.79 Å². The van der Waals surface area contributed by atoms with Crippen LogP contribution in [0.2, 0.25) is 0 Å². The molecule has 2 nitrogen and oxygen atoms in total. The third-order valence-electron chi connectivity index (χ3n) is 4.01. The third kappa shape index (κ3) is 4.73. The zero-order valence-electron chi connectivity index (χ0n) is 13.2. The maximum absolute atomic E-state index is 10.8. The molecule has 2 heteroatoms. The normalized spacial score (nSPS) is 10.6. The van der Waals surface area contributed by atoms with Crippen LogP contribution in [0.4, 0.5) is 0 Å².